The average molecular weight is 254 g/mol. The second kappa shape index (κ2) is 5.48. The van der Waals surface area contributed by atoms with Gasteiger partial charge in [-0.2, -0.15) is 0 Å². The molecule has 0 aromatic carbocycles. The number of imide groups is 1. The Hall–Kier alpha value is -1.43. The van der Waals surface area contributed by atoms with Crippen molar-refractivity contribution in [2.75, 3.05) is 19.7 Å². The van der Waals surface area contributed by atoms with Crippen LogP contribution in [0.5, 0.6) is 0 Å². The number of likely N-dealkylation sites (tertiary alicyclic amines) is 2. The van der Waals surface area contributed by atoms with Gasteiger partial charge < -0.3 is 10.0 Å². The quantitative estimate of drug-likeness (QED) is 0.687. The zero-order valence-corrected chi connectivity index (χ0v) is 10.3. The van der Waals surface area contributed by atoms with Gasteiger partial charge in [-0.05, 0) is 12.8 Å². The maximum Gasteiger partial charge on any atom is 0.229 e. The second-order valence-electron chi connectivity index (χ2n) is 4.75. The van der Waals surface area contributed by atoms with Crippen LogP contribution in [0.25, 0.3) is 0 Å². The zero-order valence-electron chi connectivity index (χ0n) is 10.3. The van der Waals surface area contributed by atoms with Crippen LogP contribution in [-0.4, -0.2) is 58.4 Å². The molecule has 0 aromatic heterocycles. The van der Waals surface area contributed by atoms with E-state index in [1.165, 1.54) is 4.90 Å². The highest BCUT2D eigenvalue weighted by molar-refractivity contribution is 6.02. The van der Waals surface area contributed by atoms with Gasteiger partial charge in [0.1, 0.15) is 0 Å². The van der Waals surface area contributed by atoms with Gasteiger partial charge in [-0.25, -0.2) is 0 Å². The highest BCUT2D eigenvalue weighted by Gasteiger charge is 2.31. The van der Waals surface area contributed by atoms with Crippen molar-refractivity contribution in [3.8, 4) is 0 Å². The number of nitrogens with zero attached hydrogens (tertiary/aromatic N) is 2. The molecule has 0 bridgehead atoms. The second-order valence-corrected chi connectivity index (χ2v) is 4.75. The van der Waals surface area contributed by atoms with Crippen LogP contribution in [-0.2, 0) is 14.4 Å². The van der Waals surface area contributed by atoms with Gasteiger partial charge in [0.2, 0.25) is 17.7 Å². The fourth-order valence-electron chi connectivity index (χ4n) is 2.58. The largest absolute Gasteiger partial charge is 0.394 e. The number of hydrogen-bond acceptors (Lipinski definition) is 4. The first-order chi connectivity index (χ1) is 8.63. The van der Waals surface area contributed by atoms with E-state index in [-0.39, 0.29) is 56.2 Å². The van der Waals surface area contributed by atoms with E-state index in [0.29, 0.717) is 6.54 Å². The van der Waals surface area contributed by atoms with Crippen molar-refractivity contribution in [2.24, 2.45) is 0 Å². The lowest BCUT2D eigenvalue weighted by Crippen LogP contribution is -2.40. The van der Waals surface area contributed by atoms with Gasteiger partial charge in [-0.3, -0.25) is 19.3 Å². The van der Waals surface area contributed by atoms with E-state index >= 15 is 0 Å². The van der Waals surface area contributed by atoms with Crippen molar-refractivity contribution < 1.29 is 19.5 Å². The van der Waals surface area contributed by atoms with Crippen molar-refractivity contribution in [2.45, 2.75) is 38.1 Å². The number of rotatable bonds is 4. The lowest BCUT2D eigenvalue weighted by atomic mass is 10.2. The van der Waals surface area contributed by atoms with Gasteiger partial charge in [0, 0.05) is 32.4 Å². The molecular formula is C12H18N2O4. The smallest absolute Gasteiger partial charge is 0.229 e. The zero-order chi connectivity index (χ0) is 13.1. The summed E-state index contributed by atoms with van der Waals surface area (Å²) in [6.07, 6.45) is 2.41. The molecule has 2 aliphatic heterocycles. The number of aliphatic hydroxyl groups is 1. The van der Waals surface area contributed by atoms with E-state index in [1.807, 2.05) is 0 Å². The Morgan fingerprint density at radius 1 is 1.28 bits per heavy atom. The first kappa shape index (κ1) is 13.0. The molecule has 0 saturated carbocycles. The molecule has 2 rings (SSSR count). The molecule has 2 aliphatic rings. The molecule has 2 fully saturated rings. The van der Waals surface area contributed by atoms with Crippen molar-refractivity contribution >= 4 is 17.7 Å². The lowest BCUT2D eigenvalue weighted by Gasteiger charge is -2.24. The standard InChI is InChI=1S/C12H18N2O4/c15-8-9-2-1-6-13(9)12(18)5-7-14-10(16)3-4-11(14)17/h9,15H,1-8H2/t9-/m0/s1. The van der Waals surface area contributed by atoms with Crippen molar-refractivity contribution in [1.82, 2.24) is 9.80 Å². The summed E-state index contributed by atoms with van der Waals surface area (Å²) in [5.41, 5.74) is 0. The predicted octanol–water partition coefficient (Wildman–Crippen LogP) is -0.491. The Kier molecular flexibility index (Phi) is 3.96. The summed E-state index contributed by atoms with van der Waals surface area (Å²) >= 11 is 0. The summed E-state index contributed by atoms with van der Waals surface area (Å²) in [5, 5.41) is 9.14. The number of carbonyl (C=O) groups excluding carboxylic acids is 3. The minimum Gasteiger partial charge on any atom is -0.394 e. The molecule has 1 N–H and O–H groups in total. The third-order valence-corrected chi connectivity index (χ3v) is 3.61. The number of carbonyl (C=O) groups is 3. The first-order valence-corrected chi connectivity index (χ1v) is 6.37. The Balaban J connectivity index is 1.84. The van der Waals surface area contributed by atoms with Gasteiger partial charge in [0.25, 0.3) is 0 Å². The maximum absolute atomic E-state index is 12.0. The average Bonchev–Trinajstić information content (AvgIpc) is 2.94. The summed E-state index contributed by atoms with van der Waals surface area (Å²) in [7, 11) is 0. The van der Waals surface area contributed by atoms with Crippen LogP contribution in [0.1, 0.15) is 32.1 Å². The summed E-state index contributed by atoms with van der Waals surface area (Å²) in [6, 6.07) is -0.0949. The van der Waals surface area contributed by atoms with Crippen molar-refractivity contribution in [3.63, 3.8) is 0 Å². The lowest BCUT2D eigenvalue weighted by molar-refractivity contribution is -0.139. The Morgan fingerprint density at radius 2 is 1.94 bits per heavy atom. The summed E-state index contributed by atoms with van der Waals surface area (Å²) < 4.78 is 0. The first-order valence-electron chi connectivity index (χ1n) is 6.37. The Morgan fingerprint density at radius 3 is 2.56 bits per heavy atom. The normalized spacial score (nSPS) is 24.2. The third-order valence-electron chi connectivity index (χ3n) is 3.61. The molecule has 0 aliphatic carbocycles. The molecule has 2 saturated heterocycles. The minimum absolute atomic E-state index is 0.0205. The van der Waals surface area contributed by atoms with Gasteiger partial charge in [0.05, 0.1) is 12.6 Å². The Bertz CT molecular complexity index is 353. The van der Waals surface area contributed by atoms with Gasteiger partial charge in [-0.15, -0.1) is 0 Å². The van der Waals surface area contributed by atoms with Crippen LogP contribution in [0, 0.1) is 0 Å². The molecule has 18 heavy (non-hydrogen) atoms. The fraction of sp³-hybridized carbons (Fsp3) is 0.750. The topological polar surface area (TPSA) is 77.9 Å². The molecule has 0 unspecified atom stereocenters. The van der Waals surface area contributed by atoms with Crippen molar-refractivity contribution in [3.05, 3.63) is 0 Å². The summed E-state index contributed by atoms with van der Waals surface area (Å²) in [4.78, 5) is 37.5. The van der Waals surface area contributed by atoms with Gasteiger partial charge in [-0.1, -0.05) is 0 Å². The van der Waals surface area contributed by atoms with Gasteiger partial charge in [0.15, 0.2) is 0 Å². The molecule has 6 nitrogen and oxygen atoms in total. The SMILES string of the molecule is O=C1CCC(=O)N1CCC(=O)N1CCC[C@H]1CO. The molecule has 3 amide bonds. The van der Waals surface area contributed by atoms with Crippen LogP contribution in [0.3, 0.4) is 0 Å². The van der Waals surface area contributed by atoms with E-state index in [2.05, 4.69) is 0 Å². The van der Waals surface area contributed by atoms with E-state index in [4.69, 9.17) is 5.11 Å². The van der Waals surface area contributed by atoms with Crippen LogP contribution >= 0.6 is 0 Å². The summed E-state index contributed by atoms with van der Waals surface area (Å²) in [5.74, 6) is -0.458. The molecule has 2 heterocycles. The molecular weight excluding hydrogens is 236 g/mol. The monoisotopic (exact) mass is 254 g/mol. The van der Waals surface area contributed by atoms with Crippen LogP contribution < -0.4 is 0 Å². The summed E-state index contributed by atoms with van der Waals surface area (Å²) in [6.45, 7) is 0.810. The molecule has 1 atom stereocenters. The maximum atomic E-state index is 12.0. The number of amides is 3. The third kappa shape index (κ3) is 2.53. The van der Waals surface area contributed by atoms with Gasteiger partial charge >= 0.3 is 0 Å². The van der Waals surface area contributed by atoms with Crippen LogP contribution in [0.15, 0.2) is 0 Å². The van der Waals surface area contributed by atoms with E-state index in [1.54, 1.807) is 4.90 Å². The molecule has 0 spiro atoms. The molecule has 0 radical (unpaired) electrons. The highest BCUT2D eigenvalue weighted by Crippen LogP contribution is 2.18. The molecule has 100 valence electrons. The van der Waals surface area contributed by atoms with Crippen LogP contribution in [0.2, 0.25) is 0 Å². The van der Waals surface area contributed by atoms with E-state index < -0.39 is 0 Å². The van der Waals surface area contributed by atoms with Crippen molar-refractivity contribution in [1.29, 1.82) is 0 Å². The molecule has 6 heteroatoms. The minimum atomic E-state index is -0.187. The Labute approximate surface area is 106 Å². The van der Waals surface area contributed by atoms with Crippen LogP contribution in [0.4, 0.5) is 0 Å². The number of hydrogen-bond donors (Lipinski definition) is 1. The molecule has 0 aromatic rings. The highest BCUT2D eigenvalue weighted by atomic mass is 16.3. The number of aliphatic hydroxyl groups excluding tert-OH is 1. The fourth-order valence-corrected chi connectivity index (χ4v) is 2.58. The predicted molar refractivity (Wildman–Crippen MR) is 62.4 cm³/mol. The van der Waals surface area contributed by atoms with E-state index in [9.17, 15) is 14.4 Å². The van der Waals surface area contributed by atoms with E-state index in [0.717, 1.165) is 12.8 Å².